The van der Waals surface area contributed by atoms with Gasteiger partial charge in [-0.2, -0.15) is 5.10 Å². The largest absolute Gasteiger partial charge is 0.497 e. The molecule has 0 atom stereocenters. The SMILES string of the molecule is COc1cccc(C(=O)N2CCN(c3nc(C(C)C)nc4c(C)nn(C)c34)CC2)c1. The van der Waals surface area contributed by atoms with Crippen molar-refractivity contribution in [2.75, 3.05) is 38.2 Å². The maximum absolute atomic E-state index is 12.9. The number of benzene rings is 1. The summed E-state index contributed by atoms with van der Waals surface area (Å²) in [4.78, 5) is 26.7. The number of anilines is 1. The molecule has 1 aromatic carbocycles. The Balaban J connectivity index is 1.58. The molecule has 8 heteroatoms. The van der Waals surface area contributed by atoms with E-state index in [9.17, 15) is 4.79 Å². The van der Waals surface area contributed by atoms with Gasteiger partial charge in [-0.15, -0.1) is 0 Å². The van der Waals surface area contributed by atoms with Crippen LogP contribution < -0.4 is 9.64 Å². The molecule has 0 unspecified atom stereocenters. The van der Waals surface area contributed by atoms with Crippen molar-refractivity contribution in [1.82, 2.24) is 24.6 Å². The number of carbonyl (C=O) groups excluding carboxylic acids is 1. The minimum Gasteiger partial charge on any atom is -0.497 e. The number of piperazine rings is 1. The van der Waals surface area contributed by atoms with Gasteiger partial charge in [-0.25, -0.2) is 9.97 Å². The van der Waals surface area contributed by atoms with Crippen molar-refractivity contribution in [2.24, 2.45) is 7.05 Å². The molecule has 1 saturated heterocycles. The quantitative estimate of drug-likeness (QED) is 0.661. The van der Waals surface area contributed by atoms with Crippen molar-refractivity contribution in [3.05, 3.63) is 41.3 Å². The van der Waals surface area contributed by atoms with Crippen LogP contribution in [0.2, 0.25) is 0 Å². The number of methoxy groups -OCH3 is 1. The van der Waals surface area contributed by atoms with Crippen LogP contribution in [-0.4, -0.2) is 63.8 Å². The number of hydrogen-bond acceptors (Lipinski definition) is 6. The maximum atomic E-state index is 12.9. The third-order valence-corrected chi connectivity index (χ3v) is 5.55. The molecule has 0 saturated carbocycles. The Morgan fingerprint density at radius 3 is 2.53 bits per heavy atom. The number of carbonyl (C=O) groups is 1. The number of amides is 1. The molecule has 0 spiro atoms. The maximum Gasteiger partial charge on any atom is 0.254 e. The number of fused-ring (bicyclic) bond motifs is 1. The van der Waals surface area contributed by atoms with Gasteiger partial charge in [0.25, 0.3) is 5.91 Å². The first-order valence-corrected chi connectivity index (χ1v) is 10.3. The van der Waals surface area contributed by atoms with Gasteiger partial charge in [-0.1, -0.05) is 19.9 Å². The topological polar surface area (TPSA) is 76.4 Å². The second-order valence-corrected chi connectivity index (χ2v) is 7.98. The van der Waals surface area contributed by atoms with Gasteiger partial charge in [-0.3, -0.25) is 9.48 Å². The zero-order valence-corrected chi connectivity index (χ0v) is 18.2. The second-order valence-electron chi connectivity index (χ2n) is 7.98. The molecular weight excluding hydrogens is 380 g/mol. The molecule has 1 fully saturated rings. The van der Waals surface area contributed by atoms with Gasteiger partial charge < -0.3 is 14.5 Å². The Kier molecular flexibility index (Phi) is 5.32. The third kappa shape index (κ3) is 3.58. The Hall–Kier alpha value is -3.16. The van der Waals surface area contributed by atoms with E-state index in [2.05, 4.69) is 23.8 Å². The third-order valence-electron chi connectivity index (χ3n) is 5.55. The van der Waals surface area contributed by atoms with Crippen LogP contribution in [0.3, 0.4) is 0 Å². The number of aryl methyl sites for hydroxylation is 2. The summed E-state index contributed by atoms with van der Waals surface area (Å²) in [6.45, 7) is 8.87. The standard InChI is InChI=1S/C22H28N6O2/c1-14(2)20-23-18-15(3)25-26(4)19(18)21(24-20)27-9-11-28(12-10-27)22(29)16-7-6-8-17(13-16)30-5/h6-8,13-14H,9-12H2,1-5H3. The highest BCUT2D eigenvalue weighted by atomic mass is 16.5. The molecule has 30 heavy (non-hydrogen) atoms. The number of nitrogens with zero attached hydrogens (tertiary/aromatic N) is 6. The van der Waals surface area contributed by atoms with E-state index in [1.54, 1.807) is 13.2 Å². The van der Waals surface area contributed by atoms with E-state index < -0.39 is 0 Å². The fraction of sp³-hybridized carbons (Fsp3) is 0.455. The van der Waals surface area contributed by atoms with Crippen molar-refractivity contribution in [3.63, 3.8) is 0 Å². The lowest BCUT2D eigenvalue weighted by Crippen LogP contribution is -2.49. The van der Waals surface area contributed by atoms with Gasteiger partial charge in [0.15, 0.2) is 5.82 Å². The second kappa shape index (κ2) is 7.93. The van der Waals surface area contributed by atoms with Gasteiger partial charge in [0, 0.05) is 44.7 Å². The highest BCUT2D eigenvalue weighted by Gasteiger charge is 2.26. The van der Waals surface area contributed by atoms with Crippen LogP contribution in [0.15, 0.2) is 24.3 Å². The van der Waals surface area contributed by atoms with E-state index >= 15 is 0 Å². The van der Waals surface area contributed by atoms with E-state index in [4.69, 9.17) is 14.7 Å². The van der Waals surface area contributed by atoms with Crippen LogP contribution in [0.25, 0.3) is 11.0 Å². The fourth-order valence-electron chi connectivity index (χ4n) is 3.87. The van der Waals surface area contributed by atoms with Crippen molar-refractivity contribution in [2.45, 2.75) is 26.7 Å². The average molecular weight is 409 g/mol. The zero-order chi connectivity index (χ0) is 21.4. The summed E-state index contributed by atoms with van der Waals surface area (Å²) in [5, 5.41) is 4.56. The summed E-state index contributed by atoms with van der Waals surface area (Å²) >= 11 is 0. The molecule has 4 rings (SSSR count). The smallest absolute Gasteiger partial charge is 0.254 e. The fourth-order valence-corrected chi connectivity index (χ4v) is 3.87. The molecule has 0 aliphatic carbocycles. The van der Waals surface area contributed by atoms with Gasteiger partial charge in [0.2, 0.25) is 0 Å². The van der Waals surface area contributed by atoms with Gasteiger partial charge in [0.1, 0.15) is 22.6 Å². The molecule has 1 aliphatic rings. The molecule has 1 amide bonds. The van der Waals surface area contributed by atoms with Crippen LogP contribution in [0, 0.1) is 6.92 Å². The predicted octanol–water partition coefficient (Wildman–Crippen LogP) is 2.77. The first kappa shape index (κ1) is 20.1. The molecule has 0 radical (unpaired) electrons. The van der Waals surface area contributed by atoms with Crippen LogP contribution >= 0.6 is 0 Å². The summed E-state index contributed by atoms with van der Waals surface area (Å²) in [6, 6.07) is 7.31. The molecule has 3 heterocycles. The molecule has 2 aromatic heterocycles. The normalized spacial score (nSPS) is 14.6. The van der Waals surface area contributed by atoms with Crippen LogP contribution in [0.1, 0.15) is 41.6 Å². The Morgan fingerprint density at radius 2 is 1.87 bits per heavy atom. The number of ether oxygens (including phenoxy) is 1. The van der Waals surface area contributed by atoms with Crippen LogP contribution in [-0.2, 0) is 7.05 Å². The lowest BCUT2D eigenvalue weighted by Gasteiger charge is -2.36. The van der Waals surface area contributed by atoms with Crippen LogP contribution in [0.5, 0.6) is 5.75 Å². The first-order valence-electron chi connectivity index (χ1n) is 10.3. The van der Waals surface area contributed by atoms with Crippen molar-refractivity contribution in [3.8, 4) is 5.75 Å². The molecular formula is C22H28N6O2. The van der Waals surface area contributed by atoms with E-state index in [0.29, 0.717) is 37.5 Å². The van der Waals surface area contributed by atoms with Gasteiger partial charge in [0.05, 0.1) is 12.8 Å². The van der Waals surface area contributed by atoms with E-state index in [0.717, 1.165) is 28.4 Å². The minimum atomic E-state index is 0.0284. The molecule has 1 aliphatic heterocycles. The zero-order valence-electron chi connectivity index (χ0n) is 18.2. The lowest BCUT2D eigenvalue weighted by atomic mass is 10.1. The highest BCUT2D eigenvalue weighted by molar-refractivity contribution is 5.95. The Labute approximate surface area is 176 Å². The minimum absolute atomic E-state index is 0.0284. The average Bonchev–Trinajstić information content (AvgIpc) is 3.06. The monoisotopic (exact) mass is 408 g/mol. The van der Waals surface area contributed by atoms with Crippen molar-refractivity contribution >= 4 is 22.8 Å². The molecule has 0 N–H and O–H groups in total. The van der Waals surface area contributed by atoms with Gasteiger partial charge >= 0.3 is 0 Å². The molecule has 3 aromatic rings. The first-order chi connectivity index (χ1) is 14.4. The number of rotatable bonds is 4. The van der Waals surface area contributed by atoms with Crippen LogP contribution in [0.4, 0.5) is 5.82 Å². The van der Waals surface area contributed by atoms with Crippen molar-refractivity contribution < 1.29 is 9.53 Å². The Bertz CT molecular complexity index is 1080. The van der Waals surface area contributed by atoms with E-state index in [-0.39, 0.29) is 11.8 Å². The molecule has 158 valence electrons. The predicted molar refractivity (Wildman–Crippen MR) is 116 cm³/mol. The summed E-state index contributed by atoms with van der Waals surface area (Å²) in [7, 11) is 3.54. The number of aromatic nitrogens is 4. The molecule has 8 nitrogen and oxygen atoms in total. The summed E-state index contributed by atoms with van der Waals surface area (Å²) in [5.41, 5.74) is 3.41. The Morgan fingerprint density at radius 1 is 1.13 bits per heavy atom. The summed E-state index contributed by atoms with van der Waals surface area (Å²) in [5.74, 6) is 2.67. The molecule has 0 bridgehead atoms. The van der Waals surface area contributed by atoms with E-state index in [1.165, 1.54) is 0 Å². The summed E-state index contributed by atoms with van der Waals surface area (Å²) in [6.07, 6.45) is 0. The number of hydrogen-bond donors (Lipinski definition) is 0. The highest BCUT2D eigenvalue weighted by Crippen LogP contribution is 2.28. The van der Waals surface area contributed by atoms with Gasteiger partial charge in [-0.05, 0) is 25.1 Å². The lowest BCUT2D eigenvalue weighted by molar-refractivity contribution is 0.0746. The van der Waals surface area contributed by atoms with Crippen molar-refractivity contribution in [1.29, 1.82) is 0 Å². The summed E-state index contributed by atoms with van der Waals surface area (Å²) < 4.78 is 7.11. The van der Waals surface area contributed by atoms with E-state index in [1.807, 2.05) is 41.8 Å².